The highest BCUT2D eigenvalue weighted by molar-refractivity contribution is 6.30. The van der Waals surface area contributed by atoms with Crippen LogP contribution in [-0.4, -0.2) is 44.2 Å². The number of halogens is 1. The summed E-state index contributed by atoms with van der Waals surface area (Å²) in [5.74, 6) is 0.0297. The number of carbonyl (C=O) groups is 1. The highest BCUT2D eigenvalue weighted by Gasteiger charge is 2.24. The molecule has 0 aliphatic carbocycles. The van der Waals surface area contributed by atoms with Gasteiger partial charge in [-0.1, -0.05) is 35.9 Å². The second-order valence-electron chi connectivity index (χ2n) is 7.40. The number of amides is 1. The Bertz CT molecular complexity index is 794. The molecule has 148 valence electrons. The number of nitrogens with one attached hydrogen (secondary N) is 1. The van der Waals surface area contributed by atoms with E-state index in [1.165, 1.54) is 5.56 Å². The number of hydrazone groups is 1. The van der Waals surface area contributed by atoms with Gasteiger partial charge in [0.05, 0.1) is 6.21 Å². The van der Waals surface area contributed by atoms with Gasteiger partial charge in [0.1, 0.15) is 0 Å². The fourth-order valence-electron chi connectivity index (χ4n) is 3.32. The van der Waals surface area contributed by atoms with Crippen LogP contribution in [0.3, 0.4) is 0 Å². The van der Waals surface area contributed by atoms with Crippen molar-refractivity contribution < 1.29 is 4.79 Å². The minimum atomic E-state index is 0.00676. The zero-order chi connectivity index (χ0) is 19.9. The number of hydrogen-bond acceptors (Lipinski definition) is 4. The summed E-state index contributed by atoms with van der Waals surface area (Å²) < 4.78 is 0. The van der Waals surface area contributed by atoms with Gasteiger partial charge in [-0.2, -0.15) is 5.10 Å². The Morgan fingerprint density at radius 3 is 2.39 bits per heavy atom. The maximum absolute atomic E-state index is 12.4. The first-order chi connectivity index (χ1) is 13.5. The molecule has 2 aromatic carbocycles. The van der Waals surface area contributed by atoms with Gasteiger partial charge in [0.2, 0.25) is 5.91 Å². The van der Waals surface area contributed by atoms with Gasteiger partial charge < -0.3 is 4.90 Å². The first kappa shape index (κ1) is 20.4. The molecule has 0 atom stereocenters. The van der Waals surface area contributed by atoms with Crippen LogP contribution in [0.4, 0.5) is 5.69 Å². The van der Waals surface area contributed by atoms with Crippen molar-refractivity contribution in [3.05, 3.63) is 64.7 Å². The van der Waals surface area contributed by atoms with Gasteiger partial charge in [-0.05, 0) is 61.3 Å². The quantitative estimate of drug-likeness (QED) is 0.595. The number of carbonyl (C=O) groups excluding carboxylic acids is 1. The Kier molecular flexibility index (Phi) is 7.06. The second kappa shape index (κ2) is 9.71. The van der Waals surface area contributed by atoms with E-state index in [0.29, 0.717) is 0 Å². The third kappa shape index (κ3) is 5.81. The lowest BCUT2D eigenvalue weighted by Gasteiger charge is -2.30. The van der Waals surface area contributed by atoms with E-state index in [4.69, 9.17) is 11.6 Å². The van der Waals surface area contributed by atoms with E-state index in [0.717, 1.165) is 48.7 Å². The molecular formula is C22H27ClN4O. The van der Waals surface area contributed by atoms with Crippen LogP contribution in [0.1, 0.15) is 24.0 Å². The SMILES string of the molecule is CN(C)c1ccc(/C=N\NC(=O)C2CCN(Cc3ccc(Cl)cc3)CC2)cc1. The van der Waals surface area contributed by atoms with E-state index in [9.17, 15) is 4.79 Å². The van der Waals surface area contributed by atoms with Crippen LogP contribution in [0.15, 0.2) is 53.6 Å². The predicted octanol–water partition coefficient (Wildman–Crippen LogP) is 3.77. The van der Waals surface area contributed by atoms with Crippen LogP contribution >= 0.6 is 11.6 Å². The summed E-state index contributed by atoms with van der Waals surface area (Å²) in [7, 11) is 4.01. The fraction of sp³-hybridized carbons (Fsp3) is 0.364. The van der Waals surface area contributed by atoms with Crippen molar-refractivity contribution in [1.29, 1.82) is 0 Å². The van der Waals surface area contributed by atoms with Crippen LogP contribution in [0, 0.1) is 5.92 Å². The van der Waals surface area contributed by atoms with Crippen LogP contribution in [0.2, 0.25) is 5.02 Å². The monoisotopic (exact) mass is 398 g/mol. The standard InChI is InChI=1S/C22H27ClN4O/c1-26(2)21-9-5-17(6-10-21)15-24-25-22(28)19-11-13-27(14-12-19)16-18-3-7-20(23)8-4-18/h3-10,15,19H,11-14,16H2,1-2H3,(H,25,28)/b24-15-. The zero-order valence-electron chi connectivity index (χ0n) is 16.4. The molecule has 1 N–H and O–H groups in total. The summed E-state index contributed by atoms with van der Waals surface area (Å²) >= 11 is 5.94. The van der Waals surface area contributed by atoms with Gasteiger partial charge in [-0.25, -0.2) is 5.43 Å². The van der Waals surface area contributed by atoms with Crippen molar-refractivity contribution in [3.63, 3.8) is 0 Å². The van der Waals surface area contributed by atoms with Gasteiger partial charge in [0.25, 0.3) is 0 Å². The van der Waals surface area contributed by atoms with Crippen LogP contribution < -0.4 is 10.3 Å². The van der Waals surface area contributed by atoms with E-state index in [1.54, 1.807) is 6.21 Å². The Labute approximate surface area is 172 Å². The molecule has 1 heterocycles. The van der Waals surface area contributed by atoms with Crippen molar-refractivity contribution in [2.24, 2.45) is 11.0 Å². The van der Waals surface area contributed by atoms with Crippen LogP contribution in [0.25, 0.3) is 0 Å². The van der Waals surface area contributed by atoms with E-state index < -0.39 is 0 Å². The van der Waals surface area contributed by atoms with Crippen LogP contribution in [-0.2, 0) is 11.3 Å². The lowest BCUT2D eigenvalue weighted by molar-refractivity contribution is -0.126. The Hall–Kier alpha value is -2.37. The van der Waals surface area contributed by atoms with Crippen molar-refractivity contribution >= 4 is 29.4 Å². The summed E-state index contributed by atoms with van der Waals surface area (Å²) in [6, 6.07) is 16.0. The first-order valence-electron chi connectivity index (χ1n) is 9.58. The van der Waals surface area contributed by atoms with Crippen LogP contribution in [0.5, 0.6) is 0 Å². The number of piperidine rings is 1. The molecule has 1 saturated heterocycles. The molecule has 2 aromatic rings. The van der Waals surface area contributed by atoms with E-state index >= 15 is 0 Å². The third-order valence-corrected chi connectivity index (χ3v) is 5.33. The molecule has 1 fully saturated rings. The highest BCUT2D eigenvalue weighted by atomic mass is 35.5. The number of hydrogen-bond donors (Lipinski definition) is 1. The molecule has 0 bridgehead atoms. The Morgan fingerprint density at radius 1 is 1.14 bits per heavy atom. The van der Waals surface area contributed by atoms with Gasteiger partial charge >= 0.3 is 0 Å². The molecule has 1 amide bonds. The average molecular weight is 399 g/mol. The molecule has 0 spiro atoms. The van der Waals surface area contributed by atoms with Gasteiger partial charge in [0, 0.05) is 37.3 Å². The van der Waals surface area contributed by atoms with Gasteiger partial charge in [-0.3, -0.25) is 9.69 Å². The van der Waals surface area contributed by atoms with Crippen molar-refractivity contribution in [3.8, 4) is 0 Å². The fourth-order valence-corrected chi connectivity index (χ4v) is 3.45. The Balaban J connectivity index is 1.42. The summed E-state index contributed by atoms with van der Waals surface area (Å²) in [6.07, 6.45) is 3.39. The minimum Gasteiger partial charge on any atom is -0.378 e. The van der Waals surface area contributed by atoms with Gasteiger partial charge in [0.15, 0.2) is 0 Å². The normalized spacial score (nSPS) is 15.7. The highest BCUT2D eigenvalue weighted by Crippen LogP contribution is 2.20. The molecule has 0 saturated carbocycles. The molecular weight excluding hydrogens is 372 g/mol. The molecule has 1 aliphatic heterocycles. The van der Waals surface area contributed by atoms with E-state index in [2.05, 4.69) is 27.6 Å². The molecule has 5 nitrogen and oxygen atoms in total. The molecule has 0 unspecified atom stereocenters. The maximum Gasteiger partial charge on any atom is 0.243 e. The molecule has 1 aliphatic rings. The van der Waals surface area contributed by atoms with E-state index in [-0.39, 0.29) is 11.8 Å². The smallest absolute Gasteiger partial charge is 0.243 e. The zero-order valence-corrected chi connectivity index (χ0v) is 17.2. The topological polar surface area (TPSA) is 47.9 Å². The molecule has 0 radical (unpaired) electrons. The molecule has 6 heteroatoms. The molecule has 28 heavy (non-hydrogen) atoms. The predicted molar refractivity (Wildman–Crippen MR) is 116 cm³/mol. The molecule has 3 rings (SSSR count). The number of rotatable bonds is 6. The summed E-state index contributed by atoms with van der Waals surface area (Å²) in [5, 5.41) is 4.88. The Morgan fingerprint density at radius 2 is 1.79 bits per heavy atom. The second-order valence-corrected chi connectivity index (χ2v) is 7.83. The lowest BCUT2D eigenvalue weighted by Crippen LogP contribution is -2.39. The number of benzene rings is 2. The van der Waals surface area contributed by atoms with Crippen molar-refractivity contribution in [2.45, 2.75) is 19.4 Å². The van der Waals surface area contributed by atoms with Gasteiger partial charge in [-0.15, -0.1) is 0 Å². The minimum absolute atomic E-state index is 0.00676. The van der Waals surface area contributed by atoms with E-state index in [1.807, 2.05) is 55.4 Å². The number of nitrogens with zero attached hydrogens (tertiary/aromatic N) is 3. The largest absolute Gasteiger partial charge is 0.378 e. The summed E-state index contributed by atoms with van der Waals surface area (Å²) in [6.45, 7) is 2.72. The average Bonchev–Trinajstić information content (AvgIpc) is 2.70. The maximum atomic E-state index is 12.4. The first-order valence-corrected chi connectivity index (χ1v) is 9.96. The summed E-state index contributed by atoms with van der Waals surface area (Å²) in [4.78, 5) is 16.8. The molecule has 0 aromatic heterocycles. The van der Waals surface area contributed by atoms with Crippen molar-refractivity contribution in [2.75, 3.05) is 32.1 Å². The number of anilines is 1. The third-order valence-electron chi connectivity index (χ3n) is 5.08. The lowest BCUT2D eigenvalue weighted by atomic mass is 9.96. The van der Waals surface area contributed by atoms with Crippen molar-refractivity contribution in [1.82, 2.24) is 10.3 Å². The summed E-state index contributed by atoms with van der Waals surface area (Å²) in [5.41, 5.74) is 6.04. The number of likely N-dealkylation sites (tertiary alicyclic amines) is 1.